The van der Waals surface area contributed by atoms with Crippen LogP contribution in [0.2, 0.25) is 0 Å². The van der Waals surface area contributed by atoms with Crippen molar-refractivity contribution in [1.82, 2.24) is 25.1 Å². The van der Waals surface area contributed by atoms with Crippen LogP contribution in [0.1, 0.15) is 6.92 Å². The molecule has 11 heteroatoms. The summed E-state index contributed by atoms with van der Waals surface area (Å²) in [6.45, 7) is 5.80. The first-order chi connectivity index (χ1) is 16.2. The molecule has 3 heterocycles. The Morgan fingerprint density at radius 3 is 2.76 bits per heavy atom. The molecule has 1 saturated heterocycles. The molecule has 1 fully saturated rings. The van der Waals surface area contributed by atoms with Gasteiger partial charge in [-0.25, -0.2) is 14.6 Å². The van der Waals surface area contributed by atoms with Crippen LogP contribution in [0.4, 0.5) is 5.82 Å². The molecule has 10 nitrogen and oxygen atoms in total. The quantitative estimate of drug-likeness (QED) is 0.350. The number of thioether (sulfide) groups is 1. The van der Waals surface area contributed by atoms with Crippen LogP contribution in [0, 0.1) is 0 Å². The maximum atomic E-state index is 12.3. The van der Waals surface area contributed by atoms with Crippen LogP contribution < -0.4 is 19.7 Å². The number of fused-ring (bicyclic) bond motifs is 1. The third kappa shape index (κ3) is 5.66. The second-order valence-corrected chi connectivity index (χ2v) is 8.49. The third-order valence-electron chi connectivity index (χ3n) is 5.11. The number of hydrogen-bond acceptors (Lipinski definition) is 9. The highest BCUT2D eigenvalue weighted by atomic mass is 32.2. The second kappa shape index (κ2) is 11.2. The minimum atomic E-state index is -0.219. The van der Waals surface area contributed by atoms with Gasteiger partial charge in [-0.05, 0) is 17.9 Å². The lowest BCUT2D eigenvalue weighted by atomic mass is 10.3. The number of methoxy groups -OCH3 is 1. The van der Waals surface area contributed by atoms with Crippen LogP contribution in [0.15, 0.2) is 35.6 Å². The van der Waals surface area contributed by atoms with E-state index in [9.17, 15) is 4.79 Å². The van der Waals surface area contributed by atoms with Gasteiger partial charge in [-0.2, -0.15) is 5.10 Å². The lowest BCUT2D eigenvalue weighted by Crippen LogP contribution is -2.37. The fourth-order valence-corrected chi connectivity index (χ4v) is 4.09. The van der Waals surface area contributed by atoms with Crippen LogP contribution in [0.5, 0.6) is 11.5 Å². The van der Waals surface area contributed by atoms with Crippen LogP contribution >= 0.6 is 11.8 Å². The van der Waals surface area contributed by atoms with Crippen molar-refractivity contribution in [2.24, 2.45) is 0 Å². The lowest BCUT2D eigenvalue weighted by Gasteiger charge is -2.28. The van der Waals surface area contributed by atoms with Crippen LogP contribution in [0.3, 0.4) is 0 Å². The number of nitrogens with zero attached hydrogens (tertiary/aromatic N) is 5. The lowest BCUT2D eigenvalue weighted by molar-refractivity contribution is -0.123. The normalized spacial score (nSPS) is 13.8. The number of ether oxygens (including phenoxy) is 3. The van der Waals surface area contributed by atoms with Gasteiger partial charge in [0.15, 0.2) is 28.9 Å². The van der Waals surface area contributed by atoms with Crippen LogP contribution in [-0.4, -0.2) is 78.0 Å². The molecule has 0 atom stereocenters. The molecule has 4 rings (SSSR count). The minimum Gasteiger partial charge on any atom is -0.493 e. The molecule has 2 aromatic heterocycles. The zero-order chi connectivity index (χ0) is 23.0. The molecule has 0 aliphatic carbocycles. The number of morpholine rings is 1. The molecule has 0 bridgehead atoms. The topological polar surface area (TPSA) is 104 Å². The molecular weight excluding hydrogens is 444 g/mol. The van der Waals surface area contributed by atoms with Crippen molar-refractivity contribution in [3.05, 3.63) is 30.5 Å². The maximum Gasteiger partial charge on any atom is 0.258 e. The van der Waals surface area contributed by atoms with Crippen molar-refractivity contribution < 1.29 is 19.0 Å². The minimum absolute atomic E-state index is 0.0964. The van der Waals surface area contributed by atoms with Crippen molar-refractivity contribution >= 4 is 34.5 Å². The molecule has 0 spiro atoms. The van der Waals surface area contributed by atoms with Crippen molar-refractivity contribution in [1.29, 1.82) is 0 Å². The van der Waals surface area contributed by atoms with Crippen LogP contribution in [0.25, 0.3) is 11.0 Å². The fourth-order valence-electron chi connectivity index (χ4n) is 3.53. The largest absolute Gasteiger partial charge is 0.493 e. The van der Waals surface area contributed by atoms with Gasteiger partial charge in [-0.15, -0.1) is 0 Å². The van der Waals surface area contributed by atoms with E-state index in [4.69, 9.17) is 24.2 Å². The third-order valence-corrected chi connectivity index (χ3v) is 5.84. The molecule has 1 N–H and O–H groups in total. The summed E-state index contributed by atoms with van der Waals surface area (Å²) in [5.41, 5.74) is 0.766. The molecule has 0 unspecified atom stereocenters. The standard InChI is InChI=1S/C22H28N6O4S/c1-3-33-22-25-20(27-10-12-31-13-11-27)16-14-24-28(21(16)26-22)9-8-23-19(29)15-32-18-7-5-4-6-17(18)30-2/h4-7,14H,3,8-13,15H2,1-2H3,(H,23,29). The van der Waals surface area contributed by atoms with E-state index in [0.29, 0.717) is 37.8 Å². The summed E-state index contributed by atoms with van der Waals surface area (Å²) in [7, 11) is 1.56. The summed E-state index contributed by atoms with van der Waals surface area (Å²) >= 11 is 1.60. The number of aromatic nitrogens is 4. The molecule has 3 aromatic rings. The Morgan fingerprint density at radius 1 is 1.21 bits per heavy atom. The molecule has 0 radical (unpaired) electrons. The van der Waals surface area contributed by atoms with Gasteiger partial charge < -0.3 is 24.4 Å². The number of carbonyl (C=O) groups is 1. The molecular formula is C22H28N6O4S. The number of nitrogens with one attached hydrogen (secondary N) is 1. The first-order valence-corrected chi connectivity index (χ1v) is 11.9. The monoisotopic (exact) mass is 472 g/mol. The molecule has 1 amide bonds. The van der Waals surface area contributed by atoms with E-state index in [-0.39, 0.29) is 12.5 Å². The van der Waals surface area contributed by atoms with Gasteiger partial charge in [0.1, 0.15) is 5.82 Å². The van der Waals surface area contributed by atoms with E-state index in [1.54, 1.807) is 37.2 Å². The average molecular weight is 473 g/mol. The fraction of sp³-hybridized carbons (Fsp3) is 0.455. The maximum absolute atomic E-state index is 12.3. The predicted molar refractivity (Wildman–Crippen MR) is 126 cm³/mol. The second-order valence-electron chi connectivity index (χ2n) is 7.26. The smallest absolute Gasteiger partial charge is 0.258 e. The highest BCUT2D eigenvalue weighted by Gasteiger charge is 2.20. The molecule has 1 aromatic carbocycles. The zero-order valence-corrected chi connectivity index (χ0v) is 19.6. The summed E-state index contributed by atoms with van der Waals surface area (Å²) in [6, 6.07) is 7.23. The Labute approximate surface area is 196 Å². The van der Waals surface area contributed by atoms with Gasteiger partial charge >= 0.3 is 0 Å². The van der Waals surface area contributed by atoms with E-state index in [2.05, 4.69) is 22.2 Å². The average Bonchev–Trinajstić information content (AvgIpc) is 3.26. The van der Waals surface area contributed by atoms with Crippen LogP contribution in [-0.2, 0) is 16.1 Å². The van der Waals surface area contributed by atoms with Gasteiger partial charge in [0.05, 0.1) is 38.5 Å². The number of anilines is 1. The van der Waals surface area contributed by atoms with Gasteiger partial charge in [0.2, 0.25) is 0 Å². The number of hydrogen-bond donors (Lipinski definition) is 1. The van der Waals surface area contributed by atoms with E-state index in [1.165, 1.54) is 0 Å². The summed E-state index contributed by atoms with van der Waals surface area (Å²) < 4.78 is 18.1. The Hall–Kier alpha value is -3.05. The van der Waals surface area contributed by atoms with Gasteiger partial charge in [-0.3, -0.25) is 4.79 Å². The number of para-hydroxylation sites is 2. The first-order valence-electron chi connectivity index (χ1n) is 10.9. The Bertz CT molecular complexity index is 1090. The summed E-state index contributed by atoms with van der Waals surface area (Å²) in [5, 5.41) is 9.01. The van der Waals surface area contributed by atoms with E-state index in [0.717, 1.165) is 40.9 Å². The Morgan fingerprint density at radius 2 is 2.00 bits per heavy atom. The molecule has 176 valence electrons. The van der Waals surface area contributed by atoms with E-state index in [1.807, 2.05) is 16.8 Å². The SMILES string of the molecule is CCSc1nc(N2CCOCC2)c2cnn(CCNC(=O)COc3ccccc3OC)c2n1. The van der Waals surface area contributed by atoms with Crippen molar-refractivity contribution in [2.45, 2.75) is 18.6 Å². The highest BCUT2D eigenvalue weighted by molar-refractivity contribution is 7.99. The van der Waals surface area contributed by atoms with E-state index >= 15 is 0 Å². The highest BCUT2D eigenvalue weighted by Crippen LogP contribution is 2.28. The Balaban J connectivity index is 1.40. The first kappa shape index (κ1) is 23.1. The van der Waals surface area contributed by atoms with Gasteiger partial charge in [-0.1, -0.05) is 30.8 Å². The number of benzene rings is 1. The molecule has 1 aliphatic rings. The van der Waals surface area contributed by atoms with E-state index < -0.39 is 0 Å². The molecule has 0 saturated carbocycles. The van der Waals surface area contributed by atoms with Crippen molar-refractivity contribution in [3.8, 4) is 11.5 Å². The summed E-state index contributed by atoms with van der Waals surface area (Å²) in [6.07, 6.45) is 1.80. The number of rotatable bonds is 10. The number of carbonyl (C=O) groups excluding carboxylic acids is 1. The zero-order valence-electron chi connectivity index (χ0n) is 18.8. The van der Waals surface area contributed by atoms with Crippen molar-refractivity contribution in [3.63, 3.8) is 0 Å². The Kier molecular flexibility index (Phi) is 7.84. The summed E-state index contributed by atoms with van der Waals surface area (Å²) in [5.74, 6) is 2.67. The summed E-state index contributed by atoms with van der Waals surface area (Å²) in [4.78, 5) is 24.0. The van der Waals surface area contributed by atoms with Crippen molar-refractivity contribution in [2.75, 3.05) is 57.2 Å². The molecule has 1 aliphatic heterocycles. The number of amides is 1. The predicted octanol–water partition coefficient (Wildman–Crippen LogP) is 1.98. The van der Waals surface area contributed by atoms with Gasteiger partial charge in [0.25, 0.3) is 5.91 Å². The van der Waals surface area contributed by atoms with Gasteiger partial charge in [0, 0.05) is 19.6 Å². The molecule has 33 heavy (non-hydrogen) atoms.